The Morgan fingerprint density at radius 2 is 1.53 bits per heavy atom. The highest BCUT2D eigenvalue weighted by atomic mass is 32.2. The number of amidine groups is 1. The fourth-order valence-electron chi connectivity index (χ4n) is 5.38. The number of amides is 2. The van der Waals surface area contributed by atoms with Crippen LogP contribution in [0.2, 0.25) is 0 Å². The first-order valence-electron chi connectivity index (χ1n) is 15.5. The molecule has 1 aliphatic carbocycles. The number of nitrogens with zero attached hydrogens (tertiary/aromatic N) is 5. The lowest BCUT2D eigenvalue weighted by Crippen LogP contribution is -2.30. The van der Waals surface area contributed by atoms with Crippen molar-refractivity contribution in [3.05, 3.63) is 75.6 Å². The molecule has 1 heterocycles. The van der Waals surface area contributed by atoms with E-state index in [0.717, 1.165) is 59.6 Å². The molecular weight excluding hydrogens is 603 g/mol. The van der Waals surface area contributed by atoms with Gasteiger partial charge >= 0.3 is 0 Å². The summed E-state index contributed by atoms with van der Waals surface area (Å²) in [5.74, 6) is 0.438. The predicted molar refractivity (Wildman–Crippen MR) is 190 cm³/mol. The van der Waals surface area contributed by atoms with Gasteiger partial charge < -0.3 is 20.4 Å². The Morgan fingerprint density at radius 3 is 2.09 bits per heavy atom. The molecule has 9 nitrogen and oxygen atoms in total. The van der Waals surface area contributed by atoms with E-state index in [0.29, 0.717) is 22.6 Å². The van der Waals surface area contributed by atoms with Gasteiger partial charge in [-0.2, -0.15) is 0 Å². The van der Waals surface area contributed by atoms with Crippen molar-refractivity contribution in [2.45, 2.75) is 57.8 Å². The van der Waals surface area contributed by atoms with Crippen molar-refractivity contribution in [3.63, 3.8) is 0 Å². The smallest absolute Gasteiger partial charge is 0.230 e. The normalized spacial score (nSPS) is 17.1. The van der Waals surface area contributed by atoms with Gasteiger partial charge in [0.1, 0.15) is 5.01 Å². The number of aromatic nitrogens is 2. The van der Waals surface area contributed by atoms with Crippen molar-refractivity contribution in [2.24, 2.45) is 10.9 Å². The number of thioether (sulfide) groups is 1. The summed E-state index contributed by atoms with van der Waals surface area (Å²) in [6, 6.07) is 16.0. The molecule has 1 aromatic heterocycles. The van der Waals surface area contributed by atoms with Gasteiger partial charge in [-0.1, -0.05) is 66.8 Å². The minimum Gasteiger partial charge on any atom is -0.378 e. The Balaban J connectivity index is 1.32. The van der Waals surface area contributed by atoms with E-state index >= 15 is 0 Å². The lowest BCUT2D eigenvalue weighted by Gasteiger charge is -2.29. The largest absolute Gasteiger partial charge is 0.378 e. The Morgan fingerprint density at radius 1 is 0.933 bits per heavy atom. The van der Waals surface area contributed by atoms with E-state index in [9.17, 15) is 9.59 Å². The van der Waals surface area contributed by atoms with Gasteiger partial charge in [-0.15, -0.1) is 10.2 Å². The summed E-state index contributed by atoms with van der Waals surface area (Å²) in [5, 5.41) is 16.9. The number of hydrogen-bond donors (Lipinski definition) is 2. The number of anilines is 3. The van der Waals surface area contributed by atoms with Gasteiger partial charge in [0.15, 0.2) is 5.17 Å². The van der Waals surface area contributed by atoms with Crippen LogP contribution in [0.5, 0.6) is 0 Å². The molecule has 0 spiro atoms. The molecule has 2 aromatic carbocycles. The van der Waals surface area contributed by atoms with Crippen molar-refractivity contribution in [1.29, 1.82) is 0 Å². The minimum atomic E-state index is -0.0969. The first-order chi connectivity index (χ1) is 21.6. The third-order valence-corrected chi connectivity index (χ3v) is 10.0. The fourth-order valence-corrected chi connectivity index (χ4v) is 7.39. The van der Waals surface area contributed by atoms with Gasteiger partial charge in [-0.05, 0) is 71.9 Å². The molecule has 1 unspecified atom stereocenters. The van der Waals surface area contributed by atoms with Crippen LogP contribution in [0.25, 0.3) is 0 Å². The molecule has 1 fully saturated rings. The van der Waals surface area contributed by atoms with Gasteiger partial charge in [0.05, 0.1) is 12.8 Å². The summed E-state index contributed by atoms with van der Waals surface area (Å²) >= 11 is 3.03. The molecule has 1 saturated carbocycles. The van der Waals surface area contributed by atoms with E-state index in [4.69, 9.17) is 0 Å². The minimum absolute atomic E-state index is 0.0768. The molecule has 2 atom stereocenters. The second-order valence-corrected chi connectivity index (χ2v) is 13.8. The summed E-state index contributed by atoms with van der Waals surface area (Å²) in [6.45, 7) is 2.13. The van der Waals surface area contributed by atoms with Crippen LogP contribution in [0, 0.1) is 5.92 Å². The van der Waals surface area contributed by atoms with E-state index in [1.807, 2.05) is 86.5 Å². The molecule has 0 radical (unpaired) electrons. The Kier molecular flexibility index (Phi) is 12.6. The van der Waals surface area contributed by atoms with E-state index in [1.165, 1.54) is 16.2 Å². The molecule has 0 aliphatic heterocycles. The number of rotatable bonds is 11. The monoisotopic (exact) mass is 647 g/mol. The molecule has 0 saturated heterocycles. The van der Waals surface area contributed by atoms with E-state index in [2.05, 4.69) is 38.8 Å². The molecular formula is C34H45N7O2S2. The fraction of sp³-hybridized carbons (Fsp3) is 0.441. The Labute approximate surface area is 275 Å². The maximum atomic E-state index is 12.9. The van der Waals surface area contributed by atoms with Crippen molar-refractivity contribution in [2.75, 3.05) is 50.4 Å². The number of benzene rings is 2. The van der Waals surface area contributed by atoms with Crippen LogP contribution in [0.3, 0.4) is 0 Å². The highest BCUT2D eigenvalue weighted by molar-refractivity contribution is 8.17. The lowest BCUT2D eigenvalue weighted by molar-refractivity contribution is -0.119. The second-order valence-electron chi connectivity index (χ2n) is 11.7. The Hall–Kier alpha value is -3.70. The highest BCUT2D eigenvalue weighted by Crippen LogP contribution is 2.43. The number of nitrogens with one attached hydrogen (secondary N) is 2. The van der Waals surface area contributed by atoms with Gasteiger partial charge in [-0.3, -0.25) is 14.6 Å². The number of aliphatic imine (C=N–C) groups is 1. The van der Waals surface area contributed by atoms with E-state index < -0.39 is 0 Å². The molecule has 3 aromatic rings. The molecule has 4 rings (SSSR count). The van der Waals surface area contributed by atoms with Gasteiger partial charge in [-0.25, -0.2) is 0 Å². The van der Waals surface area contributed by atoms with Gasteiger partial charge in [0.25, 0.3) is 0 Å². The van der Waals surface area contributed by atoms with Gasteiger partial charge in [0.2, 0.25) is 16.9 Å². The zero-order valence-corrected chi connectivity index (χ0v) is 28.8. The van der Waals surface area contributed by atoms with Crippen LogP contribution in [0.1, 0.15) is 61.1 Å². The topological polar surface area (TPSA) is 103 Å². The molecule has 11 heteroatoms. The maximum Gasteiger partial charge on any atom is 0.230 e. The SMILES string of the molecule is CC/C=C(/SC(=NC)NC(=O)Cc1ccc(N(C)C)cc1)[C@H]1CCCC(c2nnc(NC(=O)Cc3ccc(N(C)C)cc3)s2)C1. The highest BCUT2D eigenvalue weighted by Gasteiger charge is 2.29. The zero-order valence-electron chi connectivity index (χ0n) is 27.2. The van der Waals surface area contributed by atoms with Crippen LogP contribution in [0.4, 0.5) is 16.5 Å². The summed E-state index contributed by atoms with van der Waals surface area (Å²) in [6.07, 6.45) is 7.89. The second kappa shape index (κ2) is 16.6. The van der Waals surface area contributed by atoms with Crippen molar-refractivity contribution in [3.8, 4) is 0 Å². The predicted octanol–water partition coefficient (Wildman–Crippen LogP) is 6.50. The van der Waals surface area contributed by atoms with Crippen LogP contribution >= 0.6 is 23.1 Å². The average Bonchev–Trinajstić information content (AvgIpc) is 3.49. The summed E-state index contributed by atoms with van der Waals surface area (Å²) in [7, 11) is 9.70. The van der Waals surface area contributed by atoms with Crippen LogP contribution in [-0.2, 0) is 22.4 Å². The van der Waals surface area contributed by atoms with E-state index in [-0.39, 0.29) is 24.2 Å². The maximum absolute atomic E-state index is 12.9. The summed E-state index contributed by atoms with van der Waals surface area (Å²) in [5.41, 5.74) is 4.11. The Bertz CT molecular complexity index is 1480. The van der Waals surface area contributed by atoms with Crippen molar-refractivity contribution < 1.29 is 9.59 Å². The zero-order chi connectivity index (χ0) is 32.3. The summed E-state index contributed by atoms with van der Waals surface area (Å²) < 4.78 is 0. The number of carbonyl (C=O) groups excluding carboxylic acids is 2. The number of hydrogen-bond acceptors (Lipinski definition) is 9. The molecule has 2 N–H and O–H groups in total. The molecule has 2 amide bonds. The number of carbonyl (C=O) groups is 2. The standard InChI is InChI=1S/C34H45N7O2S2/c1-7-9-29(44-33(35-2)36-30(42)20-23-12-16-27(17-13-23)40(3)4)25-10-8-11-26(22-25)32-38-39-34(45-32)37-31(43)21-24-14-18-28(19-15-24)41(5)6/h9,12-19,25-26H,7-8,10-11,20-22H2,1-6H3,(H,35,36,42)(H,37,39,43)/b29-9+/t25-,26?/m0/s1. The first-order valence-corrected chi connectivity index (χ1v) is 17.1. The molecule has 240 valence electrons. The van der Waals surface area contributed by atoms with Crippen LogP contribution < -0.4 is 20.4 Å². The van der Waals surface area contributed by atoms with Crippen LogP contribution in [0.15, 0.2) is 64.5 Å². The average molecular weight is 648 g/mol. The quantitative estimate of drug-likeness (QED) is 0.181. The van der Waals surface area contributed by atoms with Crippen LogP contribution in [-0.4, -0.2) is 62.4 Å². The first kappa shape index (κ1) is 34.2. The molecule has 0 bridgehead atoms. The molecule has 1 aliphatic rings. The van der Waals surface area contributed by atoms with Crippen molar-refractivity contribution >= 4 is 56.6 Å². The summed E-state index contributed by atoms with van der Waals surface area (Å²) in [4.78, 5) is 35.3. The van der Waals surface area contributed by atoms with Crippen molar-refractivity contribution in [1.82, 2.24) is 15.5 Å². The third-order valence-electron chi connectivity index (χ3n) is 7.82. The van der Waals surface area contributed by atoms with Gasteiger partial charge in [0, 0.05) is 52.5 Å². The lowest BCUT2D eigenvalue weighted by atomic mass is 9.81. The molecule has 45 heavy (non-hydrogen) atoms. The third kappa shape index (κ3) is 10.2. The number of allylic oxidation sites excluding steroid dienone is 2. The van der Waals surface area contributed by atoms with E-state index in [1.54, 1.807) is 18.8 Å².